The standard InChI is InChI=1S/C43H55F6N13O6/c44-42(45,46)24-16-28(59-35(63)9-5-3-1-2-4-8-34(50)51)37(67-26-11-14-54-21-26)30(18-24)61-39(65)32-20-33(58-23-57-32)40(66)62-31-19-25(43(47,48)49)17-29(38(31)68-27-12-15-55-22-27)60-36(64)10-6-7-13-56-41(52)53/h16-20,23,26-27,54-55H,1-15,21-22H2,(H3,50,51)(H,59,63)(H,60,64)(H,61,65)(H,62,66)(H4,52,53,56). The Labute approximate surface area is 387 Å². The van der Waals surface area contributed by atoms with Crippen LogP contribution in [0.3, 0.4) is 0 Å². The van der Waals surface area contributed by atoms with Crippen molar-refractivity contribution in [2.75, 3.05) is 54.0 Å². The van der Waals surface area contributed by atoms with Gasteiger partial charge < -0.3 is 58.6 Å². The Hall–Kier alpha value is -6.76. The van der Waals surface area contributed by atoms with Crippen molar-refractivity contribution in [3.63, 3.8) is 0 Å². The minimum Gasteiger partial charge on any atom is -0.485 e. The second-order valence-corrected chi connectivity index (χ2v) is 16.1. The van der Waals surface area contributed by atoms with E-state index >= 15 is 0 Å². The fourth-order valence-corrected chi connectivity index (χ4v) is 7.14. The molecule has 19 nitrogen and oxygen atoms in total. The molecular weight excluding hydrogens is 909 g/mol. The van der Waals surface area contributed by atoms with E-state index in [0.717, 1.165) is 25.2 Å². The third-order valence-corrected chi connectivity index (χ3v) is 10.6. The molecule has 13 N–H and O–H groups in total. The zero-order valence-corrected chi connectivity index (χ0v) is 36.9. The second-order valence-electron chi connectivity index (χ2n) is 16.1. The maximum Gasteiger partial charge on any atom is 0.416 e. The third-order valence-electron chi connectivity index (χ3n) is 10.6. The molecule has 2 fully saturated rings. The van der Waals surface area contributed by atoms with Crippen LogP contribution in [0.4, 0.5) is 49.1 Å². The number of hydrogen-bond acceptors (Lipinski definition) is 12. The first-order chi connectivity index (χ1) is 32.3. The Morgan fingerprint density at radius 2 is 1.04 bits per heavy atom. The fraction of sp³-hybridized carbons (Fsp3) is 0.488. The fourth-order valence-electron chi connectivity index (χ4n) is 7.14. The molecule has 0 aliphatic carbocycles. The van der Waals surface area contributed by atoms with Crippen molar-refractivity contribution in [3.05, 3.63) is 59.2 Å². The van der Waals surface area contributed by atoms with E-state index in [1.54, 1.807) is 0 Å². The summed E-state index contributed by atoms with van der Waals surface area (Å²) < 4.78 is 98.2. The number of nitrogens with two attached hydrogens (primary N) is 3. The van der Waals surface area contributed by atoms with Crippen LogP contribution < -0.4 is 58.6 Å². The number of ether oxygens (including phenoxy) is 2. The zero-order chi connectivity index (χ0) is 49.4. The molecule has 370 valence electrons. The molecule has 0 saturated carbocycles. The van der Waals surface area contributed by atoms with Crippen molar-refractivity contribution >= 4 is 58.2 Å². The van der Waals surface area contributed by atoms with Gasteiger partial charge in [0.25, 0.3) is 11.8 Å². The van der Waals surface area contributed by atoms with Crippen LogP contribution in [0.1, 0.15) is 109 Å². The van der Waals surface area contributed by atoms with Gasteiger partial charge >= 0.3 is 12.4 Å². The van der Waals surface area contributed by atoms with Gasteiger partial charge in [-0.15, -0.1) is 0 Å². The first-order valence-electron chi connectivity index (χ1n) is 21.9. The second kappa shape index (κ2) is 24.3. The monoisotopic (exact) mass is 963 g/mol. The first-order valence-corrected chi connectivity index (χ1v) is 21.9. The number of carbonyl (C=O) groups is 4. The van der Waals surface area contributed by atoms with Crippen molar-refractivity contribution in [3.8, 4) is 11.5 Å². The molecule has 2 saturated heterocycles. The Balaban J connectivity index is 1.40. The minimum absolute atomic E-state index is 0.0362. The quantitative estimate of drug-likeness (QED) is 0.0244. The topological polar surface area (TPSA) is 299 Å². The summed E-state index contributed by atoms with van der Waals surface area (Å²) >= 11 is 0. The van der Waals surface area contributed by atoms with E-state index in [1.165, 1.54) is 0 Å². The summed E-state index contributed by atoms with van der Waals surface area (Å²) in [5.74, 6) is -4.18. The predicted octanol–water partition coefficient (Wildman–Crippen LogP) is 5.49. The van der Waals surface area contributed by atoms with Crippen molar-refractivity contribution < 1.29 is 55.0 Å². The Morgan fingerprint density at radius 1 is 0.632 bits per heavy atom. The van der Waals surface area contributed by atoms with E-state index in [2.05, 4.69) is 46.9 Å². The molecule has 2 atom stereocenters. The van der Waals surface area contributed by atoms with Crippen LogP contribution in [0.2, 0.25) is 0 Å². The largest absolute Gasteiger partial charge is 0.485 e. The number of carbonyl (C=O) groups excluding carboxylic acids is 4. The molecule has 1 aromatic heterocycles. The van der Waals surface area contributed by atoms with Gasteiger partial charge in [-0.05, 0) is 75.9 Å². The normalized spacial score (nSPS) is 15.9. The molecule has 68 heavy (non-hydrogen) atoms. The smallest absolute Gasteiger partial charge is 0.416 e. The molecule has 3 heterocycles. The first kappa shape index (κ1) is 52.2. The number of aromatic nitrogens is 2. The molecule has 0 bridgehead atoms. The number of rotatable bonds is 23. The van der Waals surface area contributed by atoms with Crippen LogP contribution in [0.5, 0.6) is 11.5 Å². The van der Waals surface area contributed by atoms with Crippen molar-refractivity contribution in [1.82, 2.24) is 20.6 Å². The summed E-state index contributed by atoms with van der Waals surface area (Å²) in [5, 5.41) is 23.1. The highest BCUT2D eigenvalue weighted by Crippen LogP contribution is 2.43. The molecule has 2 aliphatic rings. The number of guanidine groups is 1. The maximum atomic E-state index is 14.4. The summed E-state index contributed by atoms with van der Waals surface area (Å²) in [6.07, 6.45) is -5.11. The van der Waals surface area contributed by atoms with Crippen molar-refractivity contribution in [1.29, 1.82) is 5.41 Å². The van der Waals surface area contributed by atoms with Gasteiger partial charge in [-0.2, -0.15) is 26.3 Å². The summed E-state index contributed by atoms with van der Waals surface area (Å²) in [4.78, 5) is 65.3. The van der Waals surface area contributed by atoms with Gasteiger partial charge in [-0.25, -0.2) is 9.97 Å². The lowest BCUT2D eigenvalue weighted by molar-refractivity contribution is -0.138. The van der Waals surface area contributed by atoms with Crippen molar-refractivity contribution in [2.24, 2.45) is 22.2 Å². The predicted molar refractivity (Wildman–Crippen MR) is 241 cm³/mol. The maximum absolute atomic E-state index is 14.4. The zero-order valence-electron chi connectivity index (χ0n) is 36.9. The average Bonchev–Trinajstić information content (AvgIpc) is 3.99. The number of nitrogens with zero attached hydrogens (tertiary/aromatic N) is 3. The summed E-state index contributed by atoms with van der Waals surface area (Å²) in [5.41, 5.74) is 10.7. The van der Waals surface area contributed by atoms with Crippen molar-refractivity contribution in [2.45, 2.75) is 102 Å². The summed E-state index contributed by atoms with van der Waals surface area (Å²) in [6.45, 7) is 1.87. The number of anilines is 4. The van der Waals surface area contributed by atoms with Gasteiger partial charge in [-0.1, -0.05) is 19.3 Å². The Kier molecular flexibility index (Phi) is 18.7. The molecule has 0 radical (unpaired) electrons. The molecule has 5 rings (SSSR count). The number of alkyl halides is 6. The minimum atomic E-state index is -4.96. The summed E-state index contributed by atoms with van der Waals surface area (Å²) in [6, 6.07) is 3.47. The van der Waals surface area contributed by atoms with Crippen LogP contribution in [0, 0.1) is 5.41 Å². The number of amides is 4. The SMILES string of the molecule is N=C(N)CCCCCCCC(=O)Nc1cc(C(F)(F)F)cc(NC(=O)c2cc(C(=O)Nc3cc(C(F)(F)F)cc(NC(=O)CCCCN=C(N)N)c3OC3CCNC3)ncn2)c1OC1CCNC1. The number of nitrogens with one attached hydrogen (secondary N) is 7. The van der Waals surface area contributed by atoms with E-state index < -0.39 is 82.1 Å². The number of unbranched alkanes of at least 4 members (excludes halogenated alkanes) is 5. The lowest BCUT2D eigenvalue weighted by Gasteiger charge is -2.22. The molecule has 2 aliphatic heterocycles. The molecular formula is C43H55F6N13O6. The van der Waals surface area contributed by atoms with E-state index in [-0.39, 0.29) is 60.5 Å². The molecule has 0 spiro atoms. The molecule has 2 unspecified atom stereocenters. The average molecular weight is 964 g/mol. The van der Waals surface area contributed by atoms with E-state index in [4.69, 9.17) is 32.1 Å². The highest BCUT2D eigenvalue weighted by Gasteiger charge is 2.36. The number of aliphatic imine (C=N–C) groups is 1. The van der Waals surface area contributed by atoms with E-state index in [0.29, 0.717) is 95.4 Å². The van der Waals surface area contributed by atoms with Crippen LogP contribution >= 0.6 is 0 Å². The van der Waals surface area contributed by atoms with Gasteiger partial charge in [0.2, 0.25) is 11.8 Å². The molecule has 4 amide bonds. The Bertz CT molecular complexity index is 2300. The van der Waals surface area contributed by atoms with Gasteiger partial charge in [-0.3, -0.25) is 29.6 Å². The summed E-state index contributed by atoms with van der Waals surface area (Å²) in [7, 11) is 0. The number of benzene rings is 2. The number of hydrogen-bond donors (Lipinski definition) is 10. The third kappa shape index (κ3) is 16.2. The molecule has 3 aromatic rings. The van der Waals surface area contributed by atoms with Gasteiger partial charge in [0.1, 0.15) is 29.9 Å². The lowest BCUT2D eigenvalue weighted by Crippen LogP contribution is -2.24. The van der Waals surface area contributed by atoms with Crippen LogP contribution in [-0.2, 0) is 21.9 Å². The number of halogens is 6. The van der Waals surface area contributed by atoms with Crippen LogP contribution in [-0.4, -0.2) is 90.3 Å². The van der Waals surface area contributed by atoms with Gasteiger partial charge in [0.15, 0.2) is 17.5 Å². The highest BCUT2D eigenvalue weighted by molar-refractivity contribution is 6.09. The molecule has 25 heteroatoms. The number of amidine groups is 1. The highest BCUT2D eigenvalue weighted by atomic mass is 19.4. The van der Waals surface area contributed by atoms with Gasteiger partial charge in [0, 0.05) is 45.0 Å². The lowest BCUT2D eigenvalue weighted by atomic mass is 10.1. The molecule has 2 aromatic carbocycles. The Morgan fingerprint density at radius 3 is 1.44 bits per heavy atom. The van der Waals surface area contributed by atoms with E-state index in [9.17, 15) is 45.5 Å². The van der Waals surface area contributed by atoms with Gasteiger partial charge in [0.05, 0.1) is 39.7 Å². The van der Waals surface area contributed by atoms with E-state index in [1.807, 2.05) is 0 Å². The van der Waals surface area contributed by atoms with Crippen LogP contribution in [0.25, 0.3) is 0 Å². The van der Waals surface area contributed by atoms with Crippen LogP contribution in [0.15, 0.2) is 41.7 Å².